The van der Waals surface area contributed by atoms with Gasteiger partial charge in [0.05, 0.1) is 23.9 Å². The fourth-order valence-electron chi connectivity index (χ4n) is 3.34. The van der Waals surface area contributed by atoms with Gasteiger partial charge in [0.1, 0.15) is 5.75 Å². The Balaban J connectivity index is 1.53. The van der Waals surface area contributed by atoms with Crippen molar-refractivity contribution in [2.75, 3.05) is 7.11 Å². The normalized spacial score (nSPS) is 10.9. The first-order valence-corrected chi connectivity index (χ1v) is 9.63. The Hall–Kier alpha value is -3.74. The molecule has 7 nitrogen and oxygen atoms in total. The molecule has 0 N–H and O–H groups in total. The van der Waals surface area contributed by atoms with Gasteiger partial charge in [-0.25, -0.2) is 4.79 Å². The number of hydrogen-bond donors (Lipinski definition) is 0. The number of rotatable bonds is 6. The lowest BCUT2D eigenvalue weighted by molar-refractivity contribution is 0.0427. The standard InChI is InChI=1S/C23H21N3O4/c1-4-18-21(14(2)17-7-5-6-8-19(17)24-18)23(27)29-13-20-25-22(26-30-20)15-9-11-16(28-3)12-10-15/h5-12H,4,13H2,1-3H3. The number of pyridine rings is 1. The van der Waals surface area contributed by atoms with Gasteiger partial charge in [0, 0.05) is 10.9 Å². The second-order valence-corrected chi connectivity index (χ2v) is 6.75. The van der Waals surface area contributed by atoms with Crippen LogP contribution in [0.25, 0.3) is 22.3 Å². The van der Waals surface area contributed by atoms with Crippen molar-refractivity contribution >= 4 is 16.9 Å². The third-order valence-corrected chi connectivity index (χ3v) is 4.91. The summed E-state index contributed by atoms with van der Waals surface area (Å²) in [5.74, 6) is 0.925. The summed E-state index contributed by atoms with van der Waals surface area (Å²) < 4.78 is 15.9. The molecule has 2 heterocycles. The number of aromatic nitrogens is 3. The monoisotopic (exact) mass is 403 g/mol. The zero-order valence-corrected chi connectivity index (χ0v) is 17.0. The molecule has 0 fully saturated rings. The van der Waals surface area contributed by atoms with E-state index in [4.69, 9.17) is 14.0 Å². The van der Waals surface area contributed by atoms with E-state index in [1.807, 2.05) is 62.4 Å². The second-order valence-electron chi connectivity index (χ2n) is 6.75. The van der Waals surface area contributed by atoms with E-state index in [9.17, 15) is 4.79 Å². The summed E-state index contributed by atoms with van der Waals surface area (Å²) in [6.07, 6.45) is 0.623. The molecule has 0 aliphatic carbocycles. The molecule has 0 radical (unpaired) electrons. The van der Waals surface area contributed by atoms with Gasteiger partial charge in [0.15, 0.2) is 6.61 Å². The minimum absolute atomic E-state index is 0.114. The van der Waals surface area contributed by atoms with E-state index in [0.717, 1.165) is 27.8 Å². The van der Waals surface area contributed by atoms with Gasteiger partial charge in [0.25, 0.3) is 5.89 Å². The molecule has 0 atom stereocenters. The first-order valence-electron chi connectivity index (χ1n) is 9.63. The average Bonchev–Trinajstić information content (AvgIpc) is 3.26. The predicted molar refractivity (Wildman–Crippen MR) is 111 cm³/mol. The largest absolute Gasteiger partial charge is 0.497 e. The van der Waals surface area contributed by atoms with Crippen LogP contribution in [0.2, 0.25) is 0 Å². The van der Waals surface area contributed by atoms with E-state index in [1.54, 1.807) is 7.11 Å². The number of carbonyl (C=O) groups excluding carboxylic acids is 1. The van der Waals surface area contributed by atoms with Gasteiger partial charge in [-0.15, -0.1) is 0 Å². The lowest BCUT2D eigenvalue weighted by Crippen LogP contribution is -2.12. The smallest absolute Gasteiger partial charge is 0.340 e. The highest BCUT2D eigenvalue weighted by Gasteiger charge is 2.20. The third-order valence-electron chi connectivity index (χ3n) is 4.91. The summed E-state index contributed by atoms with van der Waals surface area (Å²) in [6.45, 7) is 3.76. The number of para-hydroxylation sites is 1. The van der Waals surface area contributed by atoms with Crippen LogP contribution in [0.4, 0.5) is 0 Å². The molecule has 4 rings (SSSR count). The minimum atomic E-state index is -0.452. The molecule has 0 spiro atoms. The Labute approximate surface area is 173 Å². The molecule has 7 heteroatoms. The Morgan fingerprint density at radius 2 is 1.83 bits per heavy atom. The van der Waals surface area contributed by atoms with Crippen LogP contribution < -0.4 is 4.74 Å². The highest BCUT2D eigenvalue weighted by atomic mass is 16.6. The van der Waals surface area contributed by atoms with Crippen LogP contribution in [-0.4, -0.2) is 28.2 Å². The molecule has 0 aliphatic rings. The molecule has 0 amide bonds. The Morgan fingerprint density at radius 3 is 2.57 bits per heavy atom. The number of fused-ring (bicyclic) bond motifs is 1. The zero-order chi connectivity index (χ0) is 21.1. The Bertz CT molecular complexity index is 1200. The van der Waals surface area contributed by atoms with E-state index in [2.05, 4.69) is 15.1 Å². The minimum Gasteiger partial charge on any atom is -0.497 e. The van der Waals surface area contributed by atoms with Crippen molar-refractivity contribution in [3.05, 3.63) is 71.2 Å². The molecule has 0 bridgehead atoms. The highest BCUT2D eigenvalue weighted by Crippen LogP contribution is 2.25. The average molecular weight is 403 g/mol. The first kappa shape index (κ1) is 19.6. The number of nitrogens with zero attached hydrogens (tertiary/aromatic N) is 3. The summed E-state index contributed by atoms with van der Waals surface area (Å²) in [6, 6.07) is 15.0. The lowest BCUT2D eigenvalue weighted by atomic mass is 10.0. The van der Waals surface area contributed by atoms with Crippen molar-refractivity contribution in [1.29, 1.82) is 0 Å². The van der Waals surface area contributed by atoms with Crippen LogP contribution in [0.15, 0.2) is 53.1 Å². The molecule has 2 aromatic carbocycles. The summed E-state index contributed by atoms with van der Waals surface area (Å²) in [7, 11) is 1.60. The van der Waals surface area contributed by atoms with Gasteiger partial charge in [-0.1, -0.05) is 30.3 Å². The number of methoxy groups -OCH3 is 1. The number of esters is 1. The van der Waals surface area contributed by atoms with Crippen LogP contribution in [-0.2, 0) is 17.8 Å². The first-order chi connectivity index (χ1) is 14.6. The number of aryl methyl sites for hydroxylation is 2. The molecule has 4 aromatic rings. The van der Waals surface area contributed by atoms with E-state index >= 15 is 0 Å². The van der Waals surface area contributed by atoms with E-state index in [-0.39, 0.29) is 12.5 Å². The summed E-state index contributed by atoms with van der Waals surface area (Å²) in [5.41, 5.74) is 3.70. The van der Waals surface area contributed by atoms with Crippen molar-refractivity contribution in [2.24, 2.45) is 0 Å². The second kappa shape index (κ2) is 8.32. The maximum Gasteiger partial charge on any atom is 0.340 e. The van der Waals surface area contributed by atoms with Crippen LogP contribution in [0.5, 0.6) is 5.75 Å². The molecule has 0 saturated carbocycles. The molecule has 152 valence electrons. The van der Waals surface area contributed by atoms with E-state index < -0.39 is 5.97 Å². The van der Waals surface area contributed by atoms with E-state index in [0.29, 0.717) is 23.5 Å². The molecular weight excluding hydrogens is 382 g/mol. The maximum absolute atomic E-state index is 12.8. The van der Waals surface area contributed by atoms with Gasteiger partial charge in [-0.2, -0.15) is 4.98 Å². The number of carbonyl (C=O) groups is 1. The van der Waals surface area contributed by atoms with Crippen molar-refractivity contribution in [1.82, 2.24) is 15.1 Å². The molecule has 0 aliphatic heterocycles. The van der Waals surface area contributed by atoms with Gasteiger partial charge >= 0.3 is 5.97 Å². The van der Waals surface area contributed by atoms with Gasteiger partial charge in [-0.3, -0.25) is 4.98 Å². The quantitative estimate of drug-likeness (QED) is 0.437. The van der Waals surface area contributed by atoms with Gasteiger partial charge < -0.3 is 14.0 Å². The fraction of sp³-hybridized carbons (Fsp3) is 0.217. The van der Waals surface area contributed by atoms with Crippen LogP contribution in [0.3, 0.4) is 0 Å². The molecule has 0 saturated heterocycles. The van der Waals surface area contributed by atoms with Crippen LogP contribution in [0.1, 0.15) is 34.4 Å². The van der Waals surface area contributed by atoms with Crippen LogP contribution in [0, 0.1) is 6.92 Å². The summed E-state index contributed by atoms with van der Waals surface area (Å²) in [4.78, 5) is 21.8. The molecule has 0 unspecified atom stereocenters. The number of hydrogen-bond acceptors (Lipinski definition) is 7. The zero-order valence-electron chi connectivity index (χ0n) is 17.0. The number of benzene rings is 2. The fourth-order valence-corrected chi connectivity index (χ4v) is 3.34. The van der Waals surface area contributed by atoms with Crippen molar-refractivity contribution in [2.45, 2.75) is 26.9 Å². The van der Waals surface area contributed by atoms with Crippen molar-refractivity contribution in [3.63, 3.8) is 0 Å². The van der Waals surface area contributed by atoms with Crippen LogP contribution >= 0.6 is 0 Å². The topological polar surface area (TPSA) is 87.3 Å². The molecular formula is C23H21N3O4. The van der Waals surface area contributed by atoms with Gasteiger partial charge in [0.2, 0.25) is 5.82 Å². The Morgan fingerprint density at radius 1 is 1.07 bits per heavy atom. The van der Waals surface area contributed by atoms with Gasteiger partial charge in [-0.05, 0) is 49.2 Å². The van der Waals surface area contributed by atoms with Crippen molar-refractivity contribution < 1.29 is 18.8 Å². The number of ether oxygens (including phenoxy) is 2. The SMILES string of the molecule is CCc1nc2ccccc2c(C)c1C(=O)OCc1nc(-c2ccc(OC)cc2)no1. The van der Waals surface area contributed by atoms with E-state index in [1.165, 1.54) is 0 Å². The molecule has 2 aromatic heterocycles. The highest BCUT2D eigenvalue weighted by molar-refractivity contribution is 5.98. The van der Waals surface area contributed by atoms with Crippen molar-refractivity contribution in [3.8, 4) is 17.1 Å². The lowest BCUT2D eigenvalue weighted by Gasteiger charge is -2.12. The maximum atomic E-state index is 12.8. The molecule has 30 heavy (non-hydrogen) atoms. The predicted octanol–water partition coefficient (Wildman–Crippen LogP) is 4.52. The Kier molecular flexibility index (Phi) is 5.43. The third kappa shape index (κ3) is 3.74. The summed E-state index contributed by atoms with van der Waals surface area (Å²) in [5, 5.41) is 4.89. The summed E-state index contributed by atoms with van der Waals surface area (Å²) >= 11 is 0.